The first-order valence-corrected chi connectivity index (χ1v) is 7.87. The lowest BCUT2D eigenvalue weighted by atomic mass is 10.2. The number of hydrogen-bond acceptors (Lipinski definition) is 6. The van der Waals surface area contributed by atoms with Gasteiger partial charge in [0.15, 0.2) is 0 Å². The zero-order chi connectivity index (χ0) is 16.4. The molecule has 0 aliphatic heterocycles. The molecule has 0 N–H and O–H groups in total. The van der Waals surface area contributed by atoms with E-state index >= 15 is 0 Å². The molecule has 0 aliphatic carbocycles. The topological polar surface area (TPSA) is 82.1 Å². The van der Waals surface area contributed by atoms with Crippen LogP contribution >= 0.6 is 34.5 Å². The van der Waals surface area contributed by atoms with Crippen molar-refractivity contribution in [2.24, 2.45) is 0 Å². The minimum absolute atomic E-state index is 0.0565. The van der Waals surface area contributed by atoms with Gasteiger partial charge in [-0.25, -0.2) is 0 Å². The second-order valence-corrected chi connectivity index (χ2v) is 6.12. The van der Waals surface area contributed by atoms with Gasteiger partial charge in [0.2, 0.25) is 5.82 Å². The summed E-state index contributed by atoms with van der Waals surface area (Å²) in [6.45, 7) is 0. The van der Waals surface area contributed by atoms with Crippen LogP contribution in [-0.2, 0) is 0 Å². The Balaban J connectivity index is 1.91. The van der Waals surface area contributed by atoms with Crippen LogP contribution in [0, 0.1) is 10.1 Å². The number of aromatic nitrogens is 2. The highest BCUT2D eigenvalue weighted by atomic mass is 35.5. The van der Waals surface area contributed by atoms with Gasteiger partial charge in [-0.1, -0.05) is 40.5 Å². The van der Waals surface area contributed by atoms with Crippen LogP contribution in [0.4, 0.5) is 5.69 Å². The fraction of sp³-hybridized carbons (Fsp3) is 0. The van der Waals surface area contributed by atoms with Crippen molar-refractivity contribution < 1.29 is 9.45 Å². The van der Waals surface area contributed by atoms with E-state index in [-0.39, 0.29) is 21.6 Å². The summed E-state index contributed by atoms with van der Waals surface area (Å²) in [4.78, 5) is 15.4. The smallest absolute Gasteiger partial charge is 0.288 e. The first-order valence-electron chi connectivity index (χ1n) is 6.23. The van der Waals surface area contributed by atoms with E-state index in [0.717, 1.165) is 4.88 Å². The Bertz CT molecular complexity index is 891. The number of hydrogen-bond donors (Lipinski definition) is 0. The maximum absolute atomic E-state index is 10.9. The maximum atomic E-state index is 10.9. The lowest BCUT2D eigenvalue weighted by Gasteiger charge is -1.98. The van der Waals surface area contributed by atoms with Crippen molar-refractivity contribution in [2.75, 3.05) is 0 Å². The van der Waals surface area contributed by atoms with Gasteiger partial charge in [-0.2, -0.15) is 4.98 Å². The molecule has 1 aromatic carbocycles. The number of nitro benzene ring substituents is 1. The summed E-state index contributed by atoms with van der Waals surface area (Å²) in [6, 6.07) is 8.09. The van der Waals surface area contributed by atoms with Crippen LogP contribution in [0.15, 0.2) is 40.2 Å². The van der Waals surface area contributed by atoms with E-state index in [4.69, 9.17) is 27.7 Å². The Morgan fingerprint density at radius 1 is 1.39 bits per heavy atom. The quantitative estimate of drug-likeness (QED) is 0.473. The summed E-state index contributed by atoms with van der Waals surface area (Å²) in [5.41, 5.74) is 0.302. The lowest BCUT2D eigenvalue weighted by molar-refractivity contribution is -0.384. The molecule has 6 nitrogen and oxygen atoms in total. The number of halogens is 2. The van der Waals surface area contributed by atoms with Crippen LogP contribution < -0.4 is 0 Å². The van der Waals surface area contributed by atoms with Gasteiger partial charge in [-0.15, -0.1) is 11.3 Å². The molecule has 0 atom stereocenters. The van der Waals surface area contributed by atoms with Crippen molar-refractivity contribution in [3.8, 4) is 10.7 Å². The van der Waals surface area contributed by atoms with E-state index in [1.54, 1.807) is 6.07 Å². The third kappa shape index (κ3) is 3.42. The normalized spacial score (nSPS) is 11.7. The van der Waals surface area contributed by atoms with Crippen LogP contribution in [-0.4, -0.2) is 15.1 Å². The van der Waals surface area contributed by atoms with Crippen LogP contribution in [0.5, 0.6) is 0 Å². The molecular formula is C14H7Cl2N3O3S. The maximum Gasteiger partial charge on any atom is 0.288 e. The molecule has 3 aromatic rings. The summed E-state index contributed by atoms with van der Waals surface area (Å²) in [6.07, 6.45) is 1.50. The molecule has 0 saturated carbocycles. The molecule has 3 rings (SSSR count). The van der Waals surface area contributed by atoms with E-state index < -0.39 is 4.92 Å². The molecular weight excluding hydrogens is 361 g/mol. The third-order valence-electron chi connectivity index (χ3n) is 2.83. The zero-order valence-electron chi connectivity index (χ0n) is 11.3. The van der Waals surface area contributed by atoms with Gasteiger partial charge < -0.3 is 4.52 Å². The monoisotopic (exact) mass is 367 g/mol. The number of rotatable bonds is 4. The molecule has 23 heavy (non-hydrogen) atoms. The standard InChI is InChI=1S/C14H7Cl2N3O3S/c15-9-4-3-8(7-11(9)19(20)21)6-10(16)14-17-13(18-22-14)12-2-1-5-23-12/h1-7H/b10-6-. The number of thiophene rings is 1. The molecule has 0 saturated heterocycles. The molecule has 2 heterocycles. The van der Waals surface area contributed by atoms with Gasteiger partial charge in [0.05, 0.1) is 9.80 Å². The fourth-order valence-corrected chi connectivity index (χ4v) is 2.83. The Morgan fingerprint density at radius 3 is 2.91 bits per heavy atom. The number of nitro groups is 1. The van der Waals surface area contributed by atoms with E-state index in [9.17, 15) is 10.1 Å². The third-order valence-corrected chi connectivity index (χ3v) is 4.29. The van der Waals surface area contributed by atoms with Gasteiger partial charge in [-0.05, 0) is 29.2 Å². The SMILES string of the molecule is O=[N+]([O-])c1cc(/C=C(\Cl)c2nc(-c3cccs3)no2)ccc1Cl. The Hall–Kier alpha value is -2.22. The molecule has 0 fully saturated rings. The van der Waals surface area contributed by atoms with E-state index in [1.807, 2.05) is 17.5 Å². The average Bonchev–Trinajstić information content (AvgIpc) is 3.19. The highest BCUT2D eigenvalue weighted by molar-refractivity contribution is 7.13. The van der Waals surface area contributed by atoms with Gasteiger partial charge in [0.1, 0.15) is 10.1 Å². The van der Waals surface area contributed by atoms with Crippen LogP contribution in [0.1, 0.15) is 11.5 Å². The van der Waals surface area contributed by atoms with Gasteiger partial charge in [0.25, 0.3) is 11.6 Å². The minimum atomic E-state index is -0.560. The Labute approximate surface area is 144 Å². The molecule has 9 heteroatoms. The van der Waals surface area contributed by atoms with Crippen molar-refractivity contribution in [3.05, 3.63) is 62.3 Å². The summed E-state index contributed by atoms with van der Waals surface area (Å²) >= 11 is 13.4. The zero-order valence-corrected chi connectivity index (χ0v) is 13.6. The van der Waals surface area contributed by atoms with Crippen LogP contribution in [0.2, 0.25) is 5.02 Å². The summed E-state index contributed by atoms with van der Waals surface area (Å²) in [5, 5.41) is 16.9. The molecule has 0 spiro atoms. The predicted octanol–water partition coefficient (Wildman–Crippen LogP) is 5.10. The predicted molar refractivity (Wildman–Crippen MR) is 89.4 cm³/mol. The van der Waals surface area contributed by atoms with Crippen molar-refractivity contribution >= 4 is 51.3 Å². The van der Waals surface area contributed by atoms with Crippen molar-refractivity contribution in [1.29, 1.82) is 0 Å². The lowest BCUT2D eigenvalue weighted by Crippen LogP contribution is -1.89. The molecule has 116 valence electrons. The van der Waals surface area contributed by atoms with E-state index in [2.05, 4.69) is 10.1 Å². The highest BCUT2D eigenvalue weighted by Gasteiger charge is 2.15. The van der Waals surface area contributed by atoms with Crippen molar-refractivity contribution in [3.63, 3.8) is 0 Å². The summed E-state index contributed by atoms with van der Waals surface area (Å²) < 4.78 is 5.11. The Morgan fingerprint density at radius 2 is 2.22 bits per heavy atom. The molecule has 2 aromatic heterocycles. The Kier molecular flexibility index (Phi) is 4.42. The molecule has 0 bridgehead atoms. The largest absolute Gasteiger partial charge is 0.333 e. The highest BCUT2D eigenvalue weighted by Crippen LogP contribution is 2.29. The van der Waals surface area contributed by atoms with Gasteiger partial charge in [-0.3, -0.25) is 10.1 Å². The van der Waals surface area contributed by atoms with Crippen molar-refractivity contribution in [1.82, 2.24) is 10.1 Å². The fourth-order valence-electron chi connectivity index (χ4n) is 1.79. The van der Waals surface area contributed by atoms with Gasteiger partial charge >= 0.3 is 0 Å². The van der Waals surface area contributed by atoms with Gasteiger partial charge in [0, 0.05) is 6.07 Å². The molecule has 0 aliphatic rings. The van der Waals surface area contributed by atoms with E-state index in [1.165, 1.54) is 29.5 Å². The van der Waals surface area contributed by atoms with Crippen LogP contribution in [0.25, 0.3) is 21.8 Å². The molecule has 0 radical (unpaired) electrons. The number of benzene rings is 1. The number of nitrogens with zero attached hydrogens (tertiary/aromatic N) is 3. The average molecular weight is 368 g/mol. The first-order chi connectivity index (χ1) is 11.0. The second-order valence-electron chi connectivity index (χ2n) is 4.36. The van der Waals surface area contributed by atoms with E-state index in [0.29, 0.717) is 11.4 Å². The molecule has 0 unspecified atom stereocenters. The summed E-state index contributed by atoms with van der Waals surface area (Å²) in [5.74, 6) is 0.566. The first kappa shape index (κ1) is 15.7. The summed E-state index contributed by atoms with van der Waals surface area (Å²) in [7, 11) is 0. The van der Waals surface area contributed by atoms with Crippen LogP contribution in [0.3, 0.4) is 0 Å². The molecule has 0 amide bonds. The minimum Gasteiger partial charge on any atom is -0.333 e. The second kappa shape index (κ2) is 6.49. The van der Waals surface area contributed by atoms with Crippen molar-refractivity contribution in [2.45, 2.75) is 0 Å².